The highest BCUT2D eigenvalue weighted by atomic mass is 35.5. The number of oxime groups is 1. The molecule has 0 unspecified atom stereocenters. The standard InChI is InChI=1S/C26H21ClN2O/c1-18-7-5-6-10-23(18)26(29-30)24-16-15-22(17-25(24)27)28-21-13-11-20(12-14-21)19-8-3-2-4-9-19/h2-17,28,30H,1H3/b29-26-. The summed E-state index contributed by atoms with van der Waals surface area (Å²) in [7, 11) is 0. The normalized spacial score (nSPS) is 11.3. The van der Waals surface area contributed by atoms with Crippen molar-refractivity contribution in [1.29, 1.82) is 0 Å². The van der Waals surface area contributed by atoms with Crippen LogP contribution in [0.15, 0.2) is 102 Å². The summed E-state index contributed by atoms with van der Waals surface area (Å²) in [6, 6.07) is 31.9. The van der Waals surface area contributed by atoms with Crippen LogP contribution in [0.5, 0.6) is 0 Å². The van der Waals surface area contributed by atoms with Gasteiger partial charge in [0.1, 0.15) is 5.71 Å². The largest absolute Gasteiger partial charge is 0.410 e. The minimum Gasteiger partial charge on any atom is -0.410 e. The lowest BCUT2D eigenvalue weighted by Gasteiger charge is -2.12. The molecule has 0 saturated carbocycles. The minimum atomic E-state index is 0.455. The van der Waals surface area contributed by atoms with Gasteiger partial charge in [-0.15, -0.1) is 0 Å². The van der Waals surface area contributed by atoms with Crippen molar-refractivity contribution in [2.75, 3.05) is 5.32 Å². The minimum absolute atomic E-state index is 0.455. The SMILES string of the molecule is Cc1ccccc1/C(=N/O)c1ccc(Nc2ccc(-c3ccccc3)cc2)cc1Cl. The Kier molecular flexibility index (Phi) is 5.82. The van der Waals surface area contributed by atoms with Crippen LogP contribution in [-0.4, -0.2) is 10.9 Å². The van der Waals surface area contributed by atoms with Crippen LogP contribution in [0.3, 0.4) is 0 Å². The van der Waals surface area contributed by atoms with Crippen LogP contribution in [-0.2, 0) is 0 Å². The first-order valence-corrected chi connectivity index (χ1v) is 10.0. The van der Waals surface area contributed by atoms with Gasteiger partial charge in [-0.2, -0.15) is 0 Å². The summed E-state index contributed by atoms with van der Waals surface area (Å²) in [4.78, 5) is 0. The van der Waals surface area contributed by atoms with Crippen LogP contribution in [0.1, 0.15) is 16.7 Å². The number of benzene rings is 4. The molecule has 0 atom stereocenters. The number of nitrogens with one attached hydrogen (secondary N) is 1. The van der Waals surface area contributed by atoms with E-state index >= 15 is 0 Å². The maximum Gasteiger partial charge on any atom is 0.118 e. The smallest absolute Gasteiger partial charge is 0.118 e. The Labute approximate surface area is 181 Å². The molecule has 3 nitrogen and oxygen atoms in total. The first-order valence-electron chi connectivity index (χ1n) is 9.66. The maximum absolute atomic E-state index is 9.62. The third kappa shape index (κ3) is 4.22. The van der Waals surface area contributed by atoms with E-state index in [2.05, 4.69) is 34.7 Å². The molecule has 30 heavy (non-hydrogen) atoms. The van der Waals surface area contributed by atoms with Gasteiger partial charge in [0.25, 0.3) is 0 Å². The number of nitrogens with zero attached hydrogens (tertiary/aromatic N) is 1. The lowest BCUT2D eigenvalue weighted by Crippen LogP contribution is -2.06. The van der Waals surface area contributed by atoms with Crippen molar-refractivity contribution in [2.24, 2.45) is 5.16 Å². The van der Waals surface area contributed by atoms with E-state index < -0.39 is 0 Å². The van der Waals surface area contributed by atoms with E-state index in [0.717, 1.165) is 28.1 Å². The highest BCUT2D eigenvalue weighted by molar-refractivity contribution is 6.35. The monoisotopic (exact) mass is 412 g/mol. The van der Waals surface area contributed by atoms with Gasteiger partial charge in [0.15, 0.2) is 0 Å². The van der Waals surface area contributed by atoms with Crippen molar-refractivity contribution in [2.45, 2.75) is 6.92 Å². The summed E-state index contributed by atoms with van der Waals surface area (Å²) in [5.41, 5.74) is 7.17. The molecular formula is C26H21ClN2O. The van der Waals surface area contributed by atoms with Crippen molar-refractivity contribution in [3.8, 4) is 11.1 Å². The Morgan fingerprint density at radius 2 is 1.37 bits per heavy atom. The Balaban J connectivity index is 1.56. The maximum atomic E-state index is 9.62. The number of hydrogen-bond acceptors (Lipinski definition) is 3. The van der Waals surface area contributed by atoms with E-state index in [4.69, 9.17) is 11.6 Å². The van der Waals surface area contributed by atoms with Gasteiger partial charge in [-0.25, -0.2) is 0 Å². The van der Waals surface area contributed by atoms with Crippen molar-refractivity contribution >= 4 is 28.7 Å². The molecule has 0 fully saturated rings. The first-order chi connectivity index (χ1) is 14.7. The van der Waals surface area contributed by atoms with Crippen molar-refractivity contribution in [1.82, 2.24) is 0 Å². The number of anilines is 2. The molecule has 4 heteroatoms. The Morgan fingerprint density at radius 1 is 0.733 bits per heavy atom. The Hall–Kier alpha value is -3.56. The lowest BCUT2D eigenvalue weighted by atomic mass is 9.98. The van der Waals surface area contributed by atoms with Gasteiger partial charge in [0, 0.05) is 22.5 Å². The molecule has 0 spiro atoms. The fraction of sp³-hybridized carbons (Fsp3) is 0.0385. The number of rotatable bonds is 5. The molecule has 0 saturated heterocycles. The van der Waals surface area contributed by atoms with Crippen LogP contribution in [0.4, 0.5) is 11.4 Å². The molecule has 4 aromatic carbocycles. The fourth-order valence-corrected chi connectivity index (χ4v) is 3.69. The first kappa shape index (κ1) is 19.7. The average Bonchev–Trinajstić information content (AvgIpc) is 2.78. The van der Waals surface area contributed by atoms with Gasteiger partial charge in [-0.05, 0) is 53.9 Å². The second-order valence-electron chi connectivity index (χ2n) is 7.03. The summed E-state index contributed by atoms with van der Waals surface area (Å²) in [5, 5.41) is 17.0. The van der Waals surface area contributed by atoms with Crippen molar-refractivity contribution < 1.29 is 5.21 Å². The summed E-state index contributed by atoms with van der Waals surface area (Å²) in [5.74, 6) is 0. The molecule has 0 amide bonds. The van der Waals surface area contributed by atoms with E-state index in [1.807, 2.05) is 79.7 Å². The zero-order valence-corrected chi connectivity index (χ0v) is 17.3. The van der Waals surface area contributed by atoms with Gasteiger partial charge in [0.2, 0.25) is 0 Å². The van der Waals surface area contributed by atoms with Crippen LogP contribution in [0, 0.1) is 6.92 Å². The van der Waals surface area contributed by atoms with Crippen LogP contribution in [0.2, 0.25) is 5.02 Å². The highest BCUT2D eigenvalue weighted by Gasteiger charge is 2.14. The van der Waals surface area contributed by atoms with E-state index in [9.17, 15) is 5.21 Å². The molecule has 0 bridgehead atoms. The van der Waals surface area contributed by atoms with E-state index in [-0.39, 0.29) is 0 Å². The molecule has 0 heterocycles. The average molecular weight is 413 g/mol. The second kappa shape index (κ2) is 8.85. The van der Waals surface area contributed by atoms with Crippen LogP contribution in [0.25, 0.3) is 11.1 Å². The molecule has 2 N–H and O–H groups in total. The number of hydrogen-bond donors (Lipinski definition) is 2. The summed E-state index contributed by atoms with van der Waals surface area (Å²) < 4.78 is 0. The van der Waals surface area contributed by atoms with Crippen LogP contribution >= 0.6 is 11.6 Å². The van der Waals surface area contributed by atoms with Crippen LogP contribution < -0.4 is 5.32 Å². The van der Waals surface area contributed by atoms with E-state index in [0.29, 0.717) is 16.3 Å². The molecule has 0 aromatic heterocycles. The summed E-state index contributed by atoms with van der Waals surface area (Å²) in [6.45, 7) is 1.98. The molecule has 0 radical (unpaired) electrons. The molecule has 4 rings (SSSR count). The van der Waals surface area contributed by atoms with E-state index in [1.165, 1.54) is 5.56 Å². The van der Waals surface area contributed by atoms with E-state index in [1.54, 1.807) is 0 Å². The Morgan fingerprint density at radius 3 is 2.03 bits per heavy atom. The zero-order chi connectivity index (χ0) is 20.9. The van der Waals surface area contributed by atoms with Gasteiger partial charge in [-0.1, -0.05) is 83.5 Å². The van der Waals surface area contributed by atoms with Crippen molar-refractivity contribution in [3.63, 3.8) is 0 Å². The summed E-state index contributed by atoms with van der Waals surface area (Å²) in [6.07, 6.45) is 0. The molecule has 4 aromatic rings. The summed E-state index contributed by atoms with van der Waals surface area (Å²) >= 11 is 6.54. The van der Waals surface area contributed by atoms with Crippen molar-refractivity contribution in [3.05, 3.63) is 119 Å². The second-order valence-corrected chi connectivity index (χ2v) is 7.43. The molecule has 0 aliphatic heterocycles. The van der Waals surface area contributed by atoms with Gasteiger partial charge in [-0.3, -0.25) is 0 Å². The number of aryl methyl sites for hydroxylation is 1. The topological polar surface area (TPSA) is 44.6 Å². The highest BCUT2D eigenvalue weighted by Crippen LogP contribution is 2.28. The third-order valence-corrected chi connectivity index (χ3v) is 5.32. The lowest BCUT2D eigenvalue weighted by molar-refractivity contribution is 0.319. The van der Waals surface area contributed by atoms with Gasteiger partial charge in [0.05, 0.1) is 5.02 Å². The zero-order valence-electron chi connectivity index (χ0n) is 16.5. The van der Waals surface area contributed by atoms with Gasteiger partial charge < -0.3 is 10.5 Å². The Bertz CT molecular complexity index is 1190. The van der Waals surface area contributed by atoms with Gasteiger partial charge >= 0.3 is 0 Å². The molecular weight excluding hydrogens is 392 g/mol. The predicted octanol–water partition coefficient (Wildman–Crippen LogP) is 7.29. The molecule has 0 aliphatic carbocycles. The number of halogens is 1. The molecule has 148 valence electrons. The predicted molar refractivity (Wildman–Crippen MR) is 125 cm³/mol. The quantitative estimate of drug-likeness (QED) is 0.205. The third-order valence-electron chi connectivity index (χ3n) is 5.01. The molecule has 0 aliphatic rings. The fourth-order valence-electron chi connectivity index (χ4n) is 3.42.